The van der Waals surface area contributed by atoms with Crippen LogP contribution in [-0.4, -0.2) is 27.0 Å². The van der Waals surface area contributed by atoms with Crippen LogP contribution in [0.15, 0.2) is 42.6 Å². The molecule has 27 heavy (non-hydrogen) atoms. The van der Waals surface area contributed by atoms with Gasteiger partial charge >= 0.3 is 0 Å². The average Bonchev–Trinajstić information content (AvgIpc) is 3.05. The van der Waals surface area contributed by atoms with Crippen LogP contribution < -0.4 is 5.32 Å². The Hall–Kier alpha value is -2.69. The molecule has 0 saturated heterocycles. The summed E-state index contributed by atoms with van der Waals surface area (Å²) >= 11 is 0. The van der Waals surface area contributed by atoms with Gasteiger partial charge < -0.3 is 9.88 Å². The quantitative estimate of drug-likeness (QED) is 0.605. The topological polar surface area (TPSA) is 59.8 Å². The number of hydrogen-bond donors (Lipinski definition) is 1. The first-order valence-corrected chi connectivity index (χ1v) is 9.80. The van der Waals surface area contributed by atoms with Crippen molar-refractivity contribution in [3.8, 4) is 11.4 Å². The maximum Gasteiger partial charge on any atom is 0.223 e. The molecule has 3 aromatic rings. The van der Waals surface area contributed by atoms with Gasteiger partial charge in [-0.25, -0.2) is 9.97 Å². The zero-order chi connectivity index (χ0) is 19.2. The zero-order valence-corrected chi connectivity index (χ0v) is 16.4. The predicted molar refractivity (Wildman–Crippen MR) is 109 cm³/mol. The lowest BCUT2D eigenvalue weighted by molar-refractivity contribution is -0.125. The third kappa shape index (κ3) is 4.35. The summed E-state index contributed by atoms with van der Waals surface area (Å²) in [5.41, 5.74) is 4.09. The number of imidazole rings is 1. The van der Waals surface area contributed by atoms with Crippen LogP contribution in [0.5, 0.6) is 0 Å². The molecule has 0 saturated carbocycles. The fourth-order valence-corrected chi connectivity index (χ4v) is 3.35. The van der Waals surface area contributed by atoms with Crippen molar-refractivity contribution >= 4 is 17.1 Å². The Labute approximate surface area is 160 Å². The van der Waals surface area contributed by atoms with Crippen LogP contribution >= 0.6 is 0 Å². The molecule has 0 unspecified atom stereocenters. The van der Waals surface area contributed by atoms with E-state index in [4.69, 9.17) is 4.98 Å². The van der Waals surface area contributed by atoms with E-state index in [2.05, 4.69) is 59.9 Å². The fraction of sp³-hybridized carbons (Fsp3) is 0.409. The predicted octanol–water partition coefficient (Wildman–Crippen LogP) is 4.35. The smallest absolute Gasteiger partial charge is 0.223 e. The van der Waals surface area contributed by atoms with E-state index in [9.17, 15) is 4.79 Å². The Bertz CT molecular complexity index is 894. The summed E-state index contributed by atoms with van der Waals surface area (Å²) in [7, 11) is 0. The van der Waals surface area contributed by atoms with Crippen LogP contribution in [0.1, 0.15) is 38.7 Å². The Balaban J connectivity index is 1.76. The van der Waals surface area contributed by atoms with E-state index < -0.39 is 0 Å². The molecule has 2 aromatic heterocycles. The monoisotopic (exact) mass is 364 g/mol. The molecule has 0 atom stereocenters. The molecular weight excluding hydrogens is 336 g/mol. The van der Waals surface area contributed by atoms with Crippen LogP contribution in [0.25, 0.3) is 22.6 Å². The van der Waals surface area contributed by atoms with Gasteiger partial charge in [-0.05, 0) is 38.3 Å². The molecule has 5 nitrogen and oxygen atoms in total. The van der Waals surface area contributed by atoms with Crippen molar-refractivity contribution in [1.29, 1.82) is 0 Å². The number of fused-ring (bicyclic) bond motifs is 1. The van der Waals surface area contributed by atoms with E-state index in [0.717, 1.165) is 48.4 Å². The molecule has 0 fully saturated rings. The number of aromatic nitrogens is 3. The van der Waals surface area contributed by atoms with E-state index in [1.54, 1.807) is 6.20 Å². The molecule has 5 heteroatoms. The fourth-order valence-electron chi connectivity index (χ4n) is 3.35. The molecule has 2 heterocycles. The number of nitrogens with zero attached hydrogens (tertiary/aromatic N) is 3. The summed E-state index contributed by atoms with van der Waals surface area (Å²) < 4.78 is 2.16. The first-order chi connectivity index (χ1) is 13.1. The third-order valence-electron chi connectivity index (χ3n) is 5.03. The highest BCUT2D eigenvalue weighted by atomic mass is 16.1. The number of rotatable bonds is 8. The van der Waals surface area contributed by atoms with Crippen LogP contribution in [0.4, 0.5) is 0 Å². The number of amides is 1. The minimum absolute atomic E-state index is 0.115. The molecule has 1 N–H and O–H groups in total. The lowest BCUT2D eigenvalue weighted by Gasteiger charge is -2.13. The number of carbonyl (C=O) groups is 1. The maximum atomic E-state index is 12.2. The number of aryl methyl sites for hydroxylation is 2. The normalized spacial score (nSPS) is 11.3. The Morgan fingerprint density at radius 2 is 1.89 bits per heavy atom. The van der Waals surface area contributed by atoms with Crippen molar-refractivity contribution in [1.82, 2.24) is 19.9 Å². The summed E-state index contributed by atoms with van der Waals surface area (Å²) in [5, 5.41) is 3.07. The number of benzene rings is 1. The molecule has 0 spiro atoms. The minimum Gasteiger partial charge on any atom is -0.356 e. The van der Waals surface area contributed by atoms with E-state index in [1.807, 2.05) is 12.1 Å². The Morgan fingerprint density at radius 1 is 1.15 bits per heavy atom. The van der Waals surface area contributed by atoms with Crippen molar-refractivity contribution in [3.05, 3.63) is 48.2 Å². The summed E-state index contributed by atoms with van der Waals surface area (Å²) in [6.07, 6.45) is 4.41. The average molecular weight is 364 g/mol. The molecule has 0 bridgehead atoms. The van der Waals surface area contributed by atoms with E-state index >= 15 is 0 Å². The Morgan fingerprint density at radius 3 is 2.59 bits per heavy atom. The van der Waals surface area contributed by atoms with E-state index in [0.29, 0.717) is 6.54 Å². The maximum absolute atomic E-state index is 12.2. The largest absolute Gasteiger partial charge is 0.356 e. The lowest BCUT2D eigenvalue weighted by atomic mass is 10.0. The van der Waals surface area contributed by atoms with Gasteiger partial charge in [0.05, 0.1) is 0 Å². The van der Waals surface area contributed by atoms with Gasteiger partial charge in [0.1, 0.15) is 11.3 Å². The second-order valence-corrected chi connectivity index (χ2v) is 6.96. The molecule has 0 radical (unpaired) electrons. The standard InChI is InChI=1S/C22H28N4O/c1-4-17(5-2)22(27)24-14-7-15-26-20(18-11-9-16(3)10-12-18)25-19-8-6-13-23-21(19)26/h6,8-13,17H,4-5,7,14-15H2,1-3H3,(H,24,27). The first kappa shape index (κ1) is 19.1. The zero-order valence-electron chi connectivity index (χ0n) is 16.4. The summed E-state index contributed by atoms with van der Waals surface area (Å²) in [4.78, 5) is 21.5. The second kappa shape index (κ2) is 8.80. The van der Waals surface area contributed by atoms with Gasteiger partial charge in [-0.2, -0.15) is 0 Å². The number of pyridine rings is 1. The van der Waals surface area contributed by atoms with Crippen molar-refractivity contribution in [3.63, 3.8) is 0 Å². The number of carbonyl (C=O) groups excluding carboxylic acids is 1. The molecule has 0 aliphatic heterocycles. The molecule has 3 rings (SSSR count). The lowest BCUT2D eigenvalue weighted by Crippen LogP contribution is -2.31. The molecule has 1 amide bonds. The summed E-state index contributed by atoms with van der Waals surface area (Å²) in [5.74, 6) is 1.20. The van der Waals surface area contributed by atoms with E-state index in [1.165, 1.54) is 5.56 Å². The van der Waals surface area contributed by atoms with Crippen LogP contribution in [0.3, 0.4) is 0 Å². The van der Waals surface area contributed by atoms with Crippen molar-refractivity contribution < 1.29 is 4.79 Å². The molecule has 1 aromatic carbocycles. The van der Waals surface area contributed by atoms with Crippen LogP contribution in [0, 0.1) is 12.8 Å². The molecule has 142 valence electrons. The summed E-state index contributed by atoms with van der Waals surface area (Å²) in [6.45, 7) is 7.63. The highest BCUT2D eigenvalue weighted by Gasteiger charge is 2.15. The van der Waals surface area contributed by atoms with Crippen LogP contribution in [-0.2, 0) is 11.3 Å². The van der Waals surface area contributed by atoms with Crippen molar-refractivity contribution in [2.24, 2.45) is 5.92 Å². The highest BCUT2D eigenvalue weighted by Crippen LogP contribution is 2.24. The van der Waals surface area contributed by atoms with Gasteiger partial charge in [-0.1, -0.05) is 43.7 Å². The first-order valence-electron chi connectivity index (χ1n) is 9.80. The molecular formula is C22H28N4O. The minimum atomic E-state index is 0.115. The van der Waals surface area contributed by atoms with Crippen molar-refractivity contribution in [2.45, 2.75) is 46.6 Å². The molecule has 0 aliphatic carbocycles. The van der Waals surface area contributed by atoms with Gasteiger partial charge in [-0.3, -0.25) is 4.79 Å². The number of hydrogen-bond acceptors (Lipinski definition) is 3. The SMILES string of the molecule is CCC(CC)C(=O)NCCCn1c(-c2ccc(C)cc2)nc2cccnc21. The molecule has 0 aliphatic rings. The van der Waals surface area contributed by atoms with E-state index in [-0.39, 0.29) is 11.8 Å². The van der Waals surface area contributed by atoms with Gasteiger partial charge in [-0.15, -0.1) is 0 Å². The van der Waals surface area contributed by atoms with Crippen LogP contribution in [0.2, 0.25) is 0 Å². The summed E-state index contributed by atoms with van der Waals surface area (Å²) in [6, 6.07) is 12.3. The van der Waals surface area contributed by atoms with Gasteiger partial charge in [0, 0.05) is 30.8 Å². The van der Waals surface area contributed by atoms with Gasteiger partial charge in [0.2, 0.25) is 5.91 Å². The number of nitrogens with one attached hydrogen (secondary N) is 1. The Kier molecular flexibility index (Phi) is 6.22. The van der Waals surface area contributed by atoms with Gasteiger partial charge in [0.15, 0.2) is 5.65 Å². The van der Waals surface area contributed by atoms with Crippen molar-refractivity contribution in [2.75, 3.05) is 6.54 Å². The third-order valence-corrected chi connectivity index (χ3v) is 5.03. The second-order valence-electron chi connectivity index (χ2n) is 6.96. The van der Waals surface area contributed by atoms with Gasteiger partial charge in [0.25, 0.3) is 0 Å². The highest BCUT2D eigenvalue weighted by molar-refractivity contribution is 5.78.